The van der Waals surface area contributed by atoms with Gasteiger partial charge in [-0.1, -0.05) is 0 Å². The highest BCUT2D eigenvalue weighted by Gasteiger charge is 1.94. The van der Waals surface area contributed by atoms with E-state index >= 15 is 0 Å². The number of aliphatic hydroxyl groups is 1. The van der Waals surface area contributed by atoms with Crippen LogP contribution >= 0.6 is 0 Å². The molecule has 0 rings (SSSR count). The Kier molecular flexibility index (Phi) is 4.58. The Hall–Kier alpha value is -0.830. The van der Waals surface area contributed by atoms with Gasteiger partial charge >= 0.3 is 0 Å². The topological polar surface area (TPSA) is 56.1 Å². The highest BCUT2D eigenvalue weighted by molar-refractivity contribution is 5.95. The van der Waals surface area contributed by atoms with Crippen molar-refractivity contribution >= 4 is 5.71 Å². The maximum absolute atomic E-state index is 8.67. The lowest BCUT2D eigenvalue weighted by Gasteiger charge is -2.00. The summed E-state index contributed by atoms with van der Waals surface area (Å²) in [6, 6.07) is 0. The molecule has 0 saturated carbocycles. The summed E-state index contributed by atoms with van der Waals surface area (Å²) in [5, 5.41) is 18.8. The van der Waals surface area contributed by atoms with Crippen LogP contribution in [-0.2, 0) is 0 Å². The fourth-order valence-electron chi connectivity index (χ4n) is 0.498. The summed E-state index contributed by atoms with van der Waals surface area (Å²) in [6.45, 7) is 4.36. The molecule has 0 radical (unpaired) electrons. The lowest BCUT2D eigenvalue weighted by atomic mass is 10.2. The van der Waals surface area contributed by atoms with E-state index in [2.05, 4.69) is 5.32 Å². The summed E-state index contributed by atoms with van der Waals surface area (Å²) in [5.74, 6) is 0. The van der Waals surface area contributed by atoms with E-state index in [0.717, 1.165) is 6.54 Å². The summed E-state index contributed by atoms with van der Waals surface area (Å²) in [4.78, 5) is 0. The molecule has 0 spiro atoms. The molecule has 58 valence electrons. The van der Waals surface area contributed by atoms with Crippen LogP contribution in [0.2, 0.25) is 0 Å². The molecule has 0 amide bonds. The first-order valence-corrected chi connectivity index (χ1v) is 3.31. The van der Waals surface area contributed by atoms with Crippen molar-refractivity contribution in [3.05, 3.63) is 11.8 Å². The molecule has 3 heteroatoms. The predicted molar refractivity (Wildman–Crippen MR) is 42.2 cm³/mol. The zero-order chi connectivity index (χ0) is 7.98. The number of aliphatic hydroxyl groups excluding tert-OH is 1. The van der Waals surface area contributed by atoms with E-state index in [1.54, 1.807) is 13.1 Å². The van der Waals surface area contributed by atoms with Gasteiger partial charge in [-0.05, 0) is 13.8 Å². The summed E-state index contributed by atoms with van der Waals surface area (Å²) in [7, 11) is 0. The minimum atomic E-state index is -0.0671. The van der Waals surface area contributed by atoms with Crippen LogP contribution in [0.25, 0.3) is 0 Å². The third-order valence-corrected chi connectivity index (χ3v) is 1.13. The molecule has 0 unspecified atom stereocenters. The molecular formula is C7H14N2O. The molecule has 0 aliphatic heterocycles. The second-order valence-electron chi connectivity index (χ2n) is 2.01. The molecule has 0 saturated heterocycles. The van der Waals surface area contributed by atoms with E-state index in [-0.39, 0.29) is 6.61 Å². The zero-order valence-corrected chi connectivity index (χ0v) is 6.44. The lowest BCUT2D eigenvalue weighted by Crippen LogP contribution is -2.09. The van der Waals surface area contributed by atoms with E-state index in [0.29, 0.717) is 11.3 Å². The molecule has 0 aliphatic carbocycles. The van der Waals surface area contributed by atoms with Crippen LogP contribution in [-0.4, -0.2) is 24.0 Å². The Labute approximate surface area is 61.3 Å². The van der Waals surface area contributed by atoms with Crippen molar-refractivity contribution in [2.45, 2.75) is 13.8 Å². The molecular weight excluding hydrogens is 128 g/mol. The van der Waals surface area contributed by atoms with Crippen LogP contribution in [0, 0.1) is 5.41 Å². The number of rotatable bonds is 4. The first-order chi connectivity index (χ1) is 4.72. The molecule has 0 atom stereocenters. The van der Waals surface area contributed by atoms with Gasteiger partial charge < -0.3 is 15.8 Å². The van der Waals surface area contributed by atoms with Crippen molar-refractivity contribution in [1.29, 1.82) is 5.41 Å². The van der Waals surface area contributed by atoms with Crippen molar-refractivity contribution in [2.75, 3.05) is 13.2 Å². The number of nitrogens with one attached hydrogen (secondary N) is 2. The predicted octanol–water partition coefficient (Wildman–Crippen LogP) is 0.512. The van der Waals surface area contributed by atoms with Crippen LogP contribution in [0.15, 0.2) is 11.8 Å². The largest absolute Gasteiger partial charge is 0.392 e. The van der Waals surface area contributed by atoms with Crippen molar-refractivity contribution in [3.8, 4) is 0 Å². The van der Waals surface area contributed by atoms with Gasteiger partial charge in [-0.15, -0.1) is 0 Å². The Bertz CT molecular complexity index is 141. The van der Waals surface area contributed by atoms with Gasteiger partial charge in [-0.3, -0.25) is 0 Å². The van der Waals surface area contributed by atoms with Crippen molar-refractivity contribution < 1.29 is 5.11 Å². The van der Waals surface area contributed by atoms with Crippen LogP contribution in [0.1, 0.15) is 13.8 Å². The molecule has 0 aromatic rings. The maximum atomic E-state index is 8.67. The van der Waals surface area contributed by atoms with E-state index in [1.807, 2.05) is 6.92 Å². The third kappa shape index (κ3) is 3.25. The van der Waals surface area contributed by atoms with Gasteiger partial charge in [0.05, 0.1) is 6.61 Å². The SMILES string of the molecule is CCN/C=C(/CO)C(C)=N. The fourth-order valence-corrected chi connectivity index (χ4v) is 0.498. The van der Waals surface area contributed by atoms with Gasteiger partial charge in [0, 0.05) is 24.0 Å². The van der Waals surface area contributed by atoms with E-state index in [4.69, 9.17) is 10.5 Å². The van der Waals surface area contributed by atoms with Crippen LogP contribution in [0.4, 0.5) is 0 Å². The fraction of sp³-hybridized carbons (Fsp3) is 0.571. The molecule has 3 nitrogen and oxygen atoms in total. The molecule has 0 heterocycles. The summed E-state index contributed by atoms with van der Waals surface area (Å²) >= 11 is 0. The van der Waals surface area contributed by atoms with Crippen LogP contribution < -0.4 is 5.32 Å². The van der Waals surface area contributed by atoms with Gasteiger partial charge in [0.1, 0.15) is 0 Å². The van der Waals surface area contributed by atoms with Gasteiger partial charge in [-0.25, -0.2) is 0 Å². The quantitative estimate of drug-likeness (QED) is 0.501. The van der Waals surface area contributed by atoms with Crippen LogP contribution in [0.3, 0.4) is 0 Å². The smallest absolute Gasteiger partial charge is 0.0713 e. The first-order valence-electron chi connectivity index (χ1n) is 3.31. The van der Waals surface area contributed by atoms with Crippen molar-refractivity contribution in [3.63, 3.8) is 0 Å². The summed E-state index contributed by atoms with van der Waals surface area (Å²) in [6.07, 6.45) is 1.67. The first kappa shape index (κ1) is 9.17. The zero-order valence-electron chi connectivity index (χ0n) is 6.44. The monoisotopic (exact) mass is 142 g/mol. The average Bonchev–Trinajstić information content (AvgIpc) is 1.89. The molecule has 0 aromatic heterocycles. The highest BCUT2D eigenvalue weighted by atomic mass is 16.3. The van der Waals surface area contributed by atoms with E-state index in [9.17, 15) is 0 Å². The molecule has 10 heavy (non-hydrogen) atoms. The summed E-state index contributed by atoms with van der Waals surface area (Å²) < 4.78 is 0. The molecule has 3 N–H and O–H groups in total. The maximum Gasteiger partial charge on any atom is 0.0713 e. The van der Waals surface area contributed by atoms with Crippen LogP contribution in [0.5, 0.6) is 0 Å². The molecule has 0 bridgehead atoms. The Morgan fingerprint density at radius 2 is 2.30 bits per heavy atom. The van der Waals surface area contributed by atoms with Gasteiger partial charge in [0.25, 0.3) is 0 Å². The lowest BCUT2D eigenvalue weighted by molar-refractivity contribution is 0.336. The average molecular weight is 142 g/mol. The minimum absolute atomic E-state index is 0.0671. The van der Waals surface area contributed by atoms with Gasteiger partial charge in [0.15, 0.2) is 0 Å². The Morgan fingerprint density at radius 1 is 1.70 bits per heavy atom. The number of hydrogen-bond donors (Lipinski definition) is 3. The van der Waals surface area contributed by atoms with Gasteiger partial charge in [0.2, 0.25) is 0 Å². The number of hydrogen-bond acceptors (Lipinski definition) is 3. The van der Waals surface area contributed by atoms with Crippen molar-refractivity contribution in [2.24, 2.45) is 0 Å². The van der Waals surface area contributed by atoms with E-state index < -0.39 is 0 Å². The van der Waals surface area contributed by atoms with Gasteiger partial charge in [-0.2, -0.15) is 0 Å². The second kappa shape index (κ2) is 4.99. The Morgan fingerprint density at radius 3 is 2.60 bits per heavy atom. The summed E-state index contributed by atoms with van der Waals surface area (Å²) in [5.41, 5.74) is 1.05. The minimum Gasteiger partial charge on any atom is -0.392 e. The standard InChI is InChI=1S/C7H14N2O/c1-3-9-4-7(5-10)6(2)8/h4,8-10H,3,5H2,1-2H3/b7-4-,8-6?. The van der Waals surface area contributed by atoms with Crippen molar-refractivity contribution in [1.82, 2.24) is 5.32 Å². The molecule has 0 aliphatic rings. The Balaban J connectivity index is 3.91. The molecule has 0 fully saturated rings. The normalized spacial score (nSPS) is 11.3. The second-order valence-corrected chi connectivity index (χ2v) is 2.01. The third-order valence-electron chi connectivity index (χ3n) is 1.13. The molecule has 0 aromatic carbocycles. The highest BCUT2D eigenvalue weighted by Crippen LogP contribution is 1.91. The van der Waals surface area contributed by atoms with E-state index in [1.165, 1.54) is 0 Å².